The van der Waals surface area contributed by atoms with Crippen LogP contribution in [0.15, 0.2) is 279 Å². The molecule has 0 aliphatic heterocycles. The van der Waals surface area contributed by atoms with Crippen LogP contribution in [0.3, 0.4) is 0 Å². The Balaban J connectivity index is 1.08. The Hall–Kier alpha value is -8.98. The van der Waals surface area contributed by atoms with Crippen molar-refractivity contribution in [3.63, 3.8) is 0 Å². The summed E-state index contributed by atoms with van der Waals surface area (Å²) in [4.78, 5) is 4.98. The van der Waals surface area contributed by atoms with Gasteiger partial charge in [-0.15, -0.1) is 0 Å². The molecule has 69 heavy (non-hydrogen) atoms. The van der Waals surface area contributed by atoms with E-state index in [0.29, 0.717) is 0 Å². The summed E-state index contributed by atoms with van der Waals surface area (Å²) in [6, 6.07) is 102. The molecule has 0 fully saturated rings. The molecule has 1 spiro atoms. The fourth-order valence-corrected chi connectivity index (χ4v) is 11.3. The molecule has 0 bridgehead atoms. The zero-order valence-corrected chi connectivity index (χ0v) is 38.0. The summed E-state index contributed by atoms with van der Waals surface area (Å²) < 4.78 is 0. The van der Waals surface area contributed by atoms with Crippen LogP contribution in [0.5, 0.6) is 0 Å². The second-order valence-corrected chi connectivity index (χ2v) is 18.0. The largest absolute Gasteiger partial charge is 0.310 e. The molecule has 1 unspecified atom stereocenters. The molecule has 0 aromatic heterocycles. The van der Waals surface area contributed by atoms with Gasteiger partial charge in [0.05, 0.1) is 16.8 Å². The third-order valence-corrected chi connectivity index (χ3v) is 14.3. The summed E-state index contributed by atoms with van der Waals surface area (Å²) in [6.45, 7) is 0. The van der Waals surface area contributed by atoms with Gasteiger partial charge >= 0.3 is 0 Å². The average molecular weight is 879 g/mol. The van der Waals surface area contributed by atoms with Crippen molar-refractivity contribution in [2.45, 2.75) is 5.41 Å². The van der Waals surface area contributed by atoms with Gasteiger partial charge in [-0.2, -0.15) is 0 Å². The predicted molar refractivity (Wildman–Crippen MR) is 288 cm³/mol. The Morgan fingerprint density at radius 1 is 0.203 bits per heavy atom. The lowest BCUT2D eigenvalue weighted by molar-refractivity contribution is 0.792. The molecule has 0 amide bonds. The molecule has 2 aliphatic rings. The lowest BCUT2D eigenvalue weighted by Crippen LogP contribution is -2.30. The first-order valence-electron chi connectivity index (χ1n) is 23.8. The zero-order valence-electron chi connectivity index (χ0n) is 38.0. The van der Waals surface area contributed by atoms with E-state index in [1.54, 1.807) is 0 Å². The highest BCUT2D eigenvalue weighted by Crippen LogP contribution is 2.67. The minimum atomic E-state index is -0.700. The van der Waals surface area contributed by atoms with Crippen LogP contribution in [-0.4, -0.2) is 0 Å². The van der Waals surface area contributed by atoms with Gasteiger partial charge in [-0.1, -0.05) is 218 Å². The molecule has 0 radical (unpaired) electrons. The van der Waals surface area contributed by atoms with Crippen molar-refractivity contribution in [2.75, 3.05) is 9.80 Å². The third kappa shape index (κ3) is 6.56. The van der Waals surface area contributed by atoms with Crippen molar-refractivity contribution >= 4 is 34.1 Å². The normalized spacial score (nSPS) is 13.9. The SMILES string of the molecule is c1ccc(-c2ccc(N(c3ccccc3)c3cccc4c3C3(c5ccccc5-4)c4ccccc4-c4cccc(N(c5ccc(-c6ccccc6)cc5)c5ccc(-c6ccccc6)cc5)c43)cc2)cc1. The Morgan fingerprint density at radius 3 is 0.841 bits per heavy atom. The first kappa shape index (κ1) is 40.3. The number of hydrogen-bond acceptors (Lipinski definition) is 2. The molecule has 11 aromatic carbocycles. The Labute approximate surface area is 404 Å². The van der Waals surface area contributed by atoms with Gasteiger partial charge < -0.3 is 9.80 Å². The van der Waals surface area contributed by atoms with Gasteiger partial charge in [-0.05, 0) is 127 Å². The highest BCUT2D eigenvalue weighted by Gasteiger charge is 2.55. The Morgan fingerprint density at radius 2 is 0.478 bits per heavy atom. The minimum absolute atomic E-state index is 0.700. The van der Waals surface area contributed by atoms with Crippen LogP contribution in [0.4, 0.5) is 34.1 Å². The van der Waals surface area contributed by atoms with Crippen molar-refractivity contribution in [3.8, 4) is 55.6 Å². The Kier molecular flexibility index (Phi) is 9.77. The highest BCUT2D eigenvalue weighted by atomic mass is 15.2. The lowest BCUT2D eigenvalue weighted by Gasteiger charge is -2.38. The van der Waals surface area contributed by atoms with Crippen molar-refractivity contribution in [1.82, 2.24) is 0 Å². The summed E-state index contributed by atoms with van der Waals surface area (Å²) in [7, 11) is 0. The fraction of sp³-hybridized carbons (Fsp3) is 0.0149. The van der Waals surface area contributed by atoms with Crippen molar-refractivity contribution < 1.29 is 0 Å². The first-order chi connectivity index (χ1) is 34.3. The van der Waals surface area contributed by atoms with Gasteiger partial charge in [0.1, 0.15) is 0 Å². The number of anilines is 6. The quantitative estimate of drug-likeness (QED) is 0.143. The molecule has 13 rings (SSSR count). The predicted octanol–water partition coefficient (Wildman–Crippen LogP) is 18.0. The molecular formula is C67H46N2. The topological polar surface area (TPSA) is 6.48 Å². The summed E-state index contributed by atoms with van der Waals surface area (Å²) in [5.41, 5.74) is 23.2. The van der Waals surface area contributed by atoms with Gasteiger partial charge in [0.15, 0.2) is 0 Å². The van der Waals surface area contributed by atoms with Gasteiger partial charge in [-0.25, -0.2) is 0 Å². The molecule has 2 nitrogen and oxygen atoms in total. The number of nitrogens with zero attached hydrogens (tertiary/aromatic N) is 2. The van der Waals surface area contributed by atoms with E-state index < -0.39 is 5.41 Å². The van der Waals surface area contributed by atoms with Crippen LogP contribution >= 0.6 is 0 Å². The number of rotatable bonds is 9. The molecule has 2 heteroatoms. The van der Waals surface area contributed by atoms with Crippen LogP contribution in [0.2, 0.25) is 0 Å². The zero-order chi connectivity index (χ0) is 45.7. The second kappa shape index (κ2) is 16.7. The van der Waals surface area contributed by atoms with E-state index in [0.717, 1.165) is 34.1 Å². The van der Waals surface area contributed by atoms with E-state index in [9.17, 15) is 0 Å². The van der Waals surface area contributed by atoms with E-state index in [-0.39, 0.29) is 0 Å². The maximum absolute atomic E-state index is 2.50. The molecule has 0 saturated carbocycles. The van der Waals surface area contributed by atoms with E-state index in [1.165, 1.54) is 77.9 Å². The van der Waals surface area contributed by atoms with Crippen molar-refractivity contribution in [1.29, 1.82) is 0 Å². The Bertz CT molecular complexity index is 3530. The van der Waals surface area contributed by atoms with Crippen LogP contribution in [-0.2, 0) is 5.41 Å². The molecule has 0 N–H and O–H groups in total. The van der Waals surface area contributed by atoms with Crippen LogP contribution in [0, 0.1) is 0 Å². The number of hydrogen-bond donors (Lipinski definition) is 0. The number of benzene rings is 11. The molecule has 11 aromatic rings. The van der Waals surface area contributed by atoms with E-state index in [2.05, 4.69) is 289 Å². The van der Waals surface area contributed by atoms with Crippen molar-refractivity contribution in [2.24, 2.45) is 0 Å². The highest BCUT2D eigenvalue weighted by molar-refractivity contribution is 6.03. The fourth-order valence-electron chi connectivity index (χ4n) is 11.3. The molecular weight excluding hydrogens is 833 g/mol. The average Bonchev–Trinajstić information content (AvgIpc) is 3.91. The molecule has 0 heterocycles. The third-order valence-electron chi connectivity index (χ3n) is 14.3. The van der Waals surface area contributed by atoms with Crippen LogP contribution in [0.1, 0.15) is 22.3 Å². The van der Waals surface area contributed by atoms with Gasteiger partial charge in [0, 0.05) is 33.9 Å². The number of para-hydroxylation sites is 1. The van der Waals surface area contributed by atoms with E-state index in [1.807, 2.05) is 0 Å². The van der Waals surface area contributed by atoms with Crippen molar-refractivity contribution in [3.05, 3.63) is 301 Å². The maximum Gasteiger partial charge on any atom is 0.0766 e. The molecule has 1 atom stereocenters. The first-order valence-corrected chi connectivity index (χ1v) is 23.8. The minimum Gasteiger partial charge on any atom is -0.310 e. The smallest absolute Gasteiger partial charge is 0.0766 e. The molecule has 0 saturated heterocycles. The maximum atomic E-state index is 2.50. The van der Waals surface area contributed by atoms with Gasteiger partial charge in [-0.3, -0.25) is 0 Å². The van der Waals surface area contributed by atoms with E-state index >= 15 is 0 Å². The van der Waals surface area contributed by atoms with E-state index in [4.69, 9.17) is 0 Å². The lowest BCUT2D eigenvalue weighted by atomic mass is 9.69. The summed E-state index contributed by atoms with van der Waals surface area (Å²) >= 11 is 0. The molecule has 2 aliphatic carbocycles. The summed E-state index contributed by atoms with van der Waals surface area (Å²) in [5, 5.41) is 0. The molecule has 324 valence electrons. The summed E-state index contributed by atoms with van der Waals surface area (Å²) in [6.07, 6.45) is 0. The second-order valence-electron chi connectivity index (χ2n) is 18.0. The van der Waals surface area contributed by atoms with Crippen LogP contribution < -0.4 is 9.80 Å². The van der Waals surface area contributed by atoms with Gasteiger partial charge in [0.25, 0.3) is 0 Å². The summed E-state index contributed by atoms with van der Waals surface area (Å²) in [5.74, 6) is 0. The van der Waals surface area contributed by atoms with Gasteiger partial charge in [0.2, 0.25) is 0 Å². The standard InChI is InChI=1S/C67H46N2/c1-5-19-47(20-6-1)50-35-41-54(42-36-50)68(53-25-11-4-12-26-53)63-33-17-29-59-57-27-13-15-31-61(57)67(65(59)63)62-32-16-14-28-58(62)60-30-18-34-64(66(60)67)69(55-43-37-51(38-44-55)48-21-7-2-8-22-48)56-45-39-52(40-46-56)49-23-9-3-10-24-49/h1-46H. The van der Waals surface area contributed by atoms with Crippen LogP contribution in [0.25, 0.3) is 55.6 Å². The number of fused-ring (bicyclic) bond motifs is 10. The monoisotopic (exact) mass is 878 g/mol.